The average molecular weight is 588 g/mol. The largest absolute Gasteiger partial charge is 0.311 e. The van der Waals surface area contributed by atoms with Crippen LogP contribution < -0.4 is 10.7 Å². The van der Waals surface area contributed by atoms with Crippen molar-refractivity contribution in [3.05, 3.63) is 56.5 Å². The normalized spacial score (nSPS) is 13.9. The second-order valence-electron chi connectivity index (χ2n) is 9.87. The summed E-state index contributed by atoms with van der Waals surface area (Å²) in [5, 5.41) is 11.4. The van der Waals surface area contributed by atoms with Crippen LogP contribution in [0, 0.1) is 11.8 Å². The smallest absolute Gasteiger partial charge is 0.286 e. The van der Waals surface area contributed by atoms with Crippen LogP contribution in [0.15, 0.2) is 30.3 Å². The molecule has 3 aromatic rings. The van der Waals surface area contributed by atoms with Crippen LogP contribution in [0.3, 0.4) is 0 Å². The van der Waals surface area contributed by atoms with Crippen LogP contribution >= 0.6 is 34.5 Å². The molecule has 0 radical (unpaired) electrons. The van der Waals surface area contributed by atoms with Gasteiger partial charge in [-0.3, -0.25) is 10.2 Å². The molecule has 39 heavy (non-hydrogen) atoms. The second-order valence-corrected chi connectivity index (χ2v) is 11.8. The Morgan fingerprint density at radius 2 is 1.95 bits per heavy atom. The predicted molar refractivity (Wildman–Crippen MR) is 162 cm³/mol. The molecule has 2 aromatic heterocycles. The zero-order valence-corrected chi connectivity index (χ0v) is 25.1. The summed E-state index contributed by atoms with van der Waals surface area (Å²) in [5.41, 5.74) is 5.79. The highest BCUT2D eigenvalue weighted by Crippen LogP contribution is 2.36. The first-order valence-corrected chi connectivity index (χ1v) is 15.0. The van der Waals surface area contributed by atoms with Gasteiger partial charge in [-0.2, -0.15) is 5.10 Å². The lowest BCUT2D eigenvalue weighted by Crippen LogP contribution is -2.45. The van der Waals surface area contributed by atoms with Crippen LogP contribution in [-0.4, -0.2) is 65.9 Å². The van der Waals surface area contributed by atoms with E-state index in [2.05, 4.69) is 34.4 Å². The Kier molecular flexibility index (Phi) is 10.9. The fourth-order valence-corrected chi connectivity index (χ4v) is 5.83. The summed E-state index contributed by atoms with van der Waals surface area (Å²) in [6.07, 6.45) is 5.19. The van der Waals surface area contributed by atoms with Gasteiger partial charge in [0, 0.05) is 49.7 Å². The standard InChI is InChI=1S/C29H36Cl2N6OS/c1-4-5-7-10-22-12-14-26(39-22)28-23(20-32-15-18-35(2)3)27(29(38)34-36-16-8-6-9-17-36)33-37(28)25-13-11-21(30)19-24(25)31/h11-14,19,32H,4-6,8-9,15-18,20H2,1-3H3,(H,34,38). The molecule has 2 N–H and O–H groups in total. The number of piperidine rings is 1. The van der Waals surface area contributed by atoms with E-state index in [4.69, 9.17) is 28.3 Å². The zero-order chi connectivity index (χ0) is 27.8. The van der Waals surface area contributed by atoms with Gasteiger partial charge in [-0.25, -0.2) is 9.69 Å². The Balaban J connectivity index is 1.81. The number of carbonyl (C=O) groups excluding carboxylic acids is 1. The molecule has 0 bridgehead atoms. The minimum Gasteiger partial charge on any atom is -0.311 e. The number of nitrogens with zero attached hydrogens (tertiary/aromatic N) is 4. The van der Waals surface area contributed by atoms with Crippen molar-refractivity contribution in [2.45, 2.75) is 45.6 Å². The first-order valence-electron chi connectivity index (χ1n) is 13.4. The van der Waals surface area contributed by atoms with E-state index in [1.165, 1.54) is 6.42 Å². The molecule has 0 atom stereocenters. The lowest BCUT2D eigenvalue weighted by Gasteiger charge is -2.26. The third-order valence-corrected chi connectivity index (χ3v) is 7.96. The molecule has 0 aliphatic carbocycles. The Bertz CT molecular complexity index is 1330. The van der Waals surface area contributed by atoms with Crippen LogP contribution in [0.5, 0.6) is 0 Å². The Labute approximate surface area is 245 Å². The van der Waals surface area contributed by atoms with Crippen molar-refractivity contribution in [1.82, 2.24) is 30.4 Å². The van der Waals surface area contributed by atoms with Gasteiger partial charge in [-0.05, 0) is 63.7 Å². The fraction of sp³-hybridized carbons (Fsp3) is 0.448. The number of unbranched alkanes of at least 4 members (excludes halogenated alkanes) is 1. The highest BCUT2D eigenvalue weighted by Gasteiger charge is 2.27. The molecule has 1 aromatic carbocycles. The van der Waals surface area contributed by atoms with Crippen molar-refractivity contribution in [2.75, 3.05) is 40.3 Å². The fourth-order valence-electron chi connectivity index (χ4n) is 4.41. The number of thiophene rings is 1. The van der Waals surface area contributed by atoms with Gasteiger partial charge < -0.3 is 10.2 Å². The number of amides is 1. The second kappa shape index (κ2) is 14.3. The van der Waals surface area contributed by atoms with E-state index in [9.17, 15) is 4.79 Å². The number of hydrogen-bond donors (Lipinski definition) is 2. The Morgan fingerprint density at radius 3 is 2.67 bits per heavy atom. The van der Waals surface area contributed by atoms with Gasteiger partial charge in [-0.15, -0.1) is 11.3 Å². The van der Waals surface area contributed by atoms with E-state index in [0.717, 1.165) is 72.9 Å². The quantitative estimate of drug-likeness (QED) is 0.231. The van der Waals surface area contributed by atoms with Gasteiger partial charge in [0.05, 0.1) is 26.2 Å². The maximum Gasteiger partial charge on any atom is 0.286 e. The number of halogens is 2. The highest BCUT2D eigenvalue weighted by molar-refractivity contribution is 7.16. The molecule has 1 aliphatic heterocycles. The molecule has 10 heteroatoms. The van der Waals surface area contributed by atoms with Gasteiger partial charge in [0.15, 0.2) is 5.69 Å². The third-order valence-electron chi connectivity index (χ3n) is 6.42. The van der Waals surface area contributed by atoms with Crippen LogP contribution in [0.1, 0.15) is 60.0 Å². The lowest BCUT2D eigenvalue weighted by atomic mass is 10.1. The molecule has 7 nitrogen and oxygen atoms in total. The highest BCUT2D eigenvalue weighted by atomic mass is 35.5. The molecule has 208 valence electrons. The predicted octanol–water partition coefficient (Wildman–Crippen LogP) is 5.84. The molecular formula is C29H36Cl2N6OS. The van der Waals surface area contributed by atoms with E-state index >= 15 is 0 Å². The lowest BCUT2D eigenvalue weighted by molar-refractivity contribution is 0.0743. The van der Waals surface area contributed by atoms with E-state index in [-0.39, 0.29) is 5.91 Å². The molecule has 1 fully saturated rings. The summed E-state index contributed by atoms with van der Waals surface area (Å²) in [5.74, 6) is 6.28. The van der Waals surface area contributed by atoms with Crippen molar-refractivity contribution in [2.24, 2.45) is 0 Å². The van der Waals surface area contributed by atoms with Gasteiger partial charge in [0.2, 0.25) is 0 Å². The number of benzene rings is 1. The molecule has 1 saturated heterocycles. The van der Waals surface area contributed by atoms with Crippen molar-refractivity contribution in [1.29, 1.82) is 0 Å². The average Bonchev–Trinajstić information content (AvgIpc) is 3.52. The minimum atomic E-state index is -0.217. The van der Waals surface area contributed by atoms with Gasteiger partial charge in [0.1, 0.15) is 0 Å². The number of rotatable bonds is 10. The summed E-state index contributed by atoms with van der Waals surface area (Å²) < 4.78 is 1.78. The van der Waals surface area contributed by atoms with E-state index in [1.807, 2.05) is 37.3 Å². The molecule has 1 amide bonds. The topological polar surface area (TPSA) is 65.4 Å². The van der Waals surface area contributed by atoms with E-state index in [1.54, 1.807) is 28.2 Å². The molecule has 1 aliphatic rings. The van der Waals surface area contributed by atoms with E-state index in [0.29, 0.717) is 28.0 Å². The van der Waals surface area contributed by atoms with E-state index < -0.39 is 0 Å². The molecule has 0 unspecified atom stereocenters. The molecule has 4 rings (SSSR count). The molecular weight excluding hydrogens is 551 g/mol. The molecule has 0 saturated carbocycles. The number of hydrazine groups is 1. The zero-order valence-electron chi connectivity index (χ0n) is 22.8. The number of likely N-dealkylation sites (N-methyl/N-ethyl adjacent to an activating group) is 1. The first kappa shape index (κ1) is 29.6. The Hall–Kier alpha value is -2.38. The van der Waals surface area contributed by atoms with Gasteiger partial charge in [0.25, 0.3) is 5.91 Å². The van der Waals surface area contributed by atoms with Crippen LogP contribution in [0.25, 0.3) is 16.3 Å². The SMILES string of the molecule is CCCC#Cc1ccc(-c2c(CNCCN(C)C)c(C(=O)NN3CCCCC3)nn2-c2ccc(Cl)cc2Cl)s1. The summed E-state index contributed by atoms with van der Waals surface area (Å²) in [4.78, 5) is 17.7. The maximum absolute atomic E-state index is 13.7. The molecule has 3 heterocycles. The number of hydrogen-bond acceptors (Lipinski definition) is 6. The third kappa shape index (κ3) is 7.85. The summed E-state index contributed by atoms with van der Waals surface area (Å²) >= 11 is 14.5. The number of aromatic nitrogens is 2. The van der Waals surface area contributed by atoms with Crippen molar-refractivity contribution < 1.29 is 4.79 Å². The van der Waals surface area contributed by atoms with Crippen molar-refractivity contribution in [3.8, 4) is 28.1 Å². The number of nitrogens with one attached hydrogen (secondary N) is 2. The summed E-state index contributed by atoms with van der Waals surface area (Å²) in [7, 11) is 4.08. The minimum absolute atomic E-state index is 0.217. The van der Waals surface area contributed by atoms with Crippen molar-refractivity contribution in [3.63, 3.8) is 0 Å². The monoisotopic (exact) mass is 586 g/mol. The first-order chi connectivity index (χ1) is 18.9. The molecule has 0 spiro atoms. The summed E-state index contributed by atoms with van der Waals surface area (Å²) in [6, 6.07) is 9.40. The van der Waals surface area contributed by atoms with Crippen molar-refractivity contribution >= 4 is 40.4 Å². The van der Waals surface area contributed by atoms with Crippen LogP contribution in [0.2, 0.25) is 10.0 Å². The number of carbonyl (C=O) groups is 1. The Morgan fingerprint density at radius 1 is 1.15 bits per heavy atom. The van der Waals surface area contributed by atoms with Crippen LogP contribution in [-0.2, 0) is 6.54 Å². The van der Waals surface area contributed by atoms with Gasteiger partial charge >= 0.3 is 0 Å². The maximum atomic E-state index is 13.7. The summed E-state index contributed by atoms with van der Waals surface area (Å²) in [6.45, 7) is 5.91. The van der Waals surface area contributed by atoms with Crippen LogP contribution in [0.4, 0.5) is 0 Å². The van der Waals surface area contributed by atoms with Gasteiger partial charge in [-0.1, -0.05) is 48.4 Å².